The second-order valence-corrected chi connectivity index (χ2v) is 7.93. The molecule has 0 unspecified atom stereocenters. The van der Waals surface area contributed by atoms with Crippen LogP contribution in [0.25, 0.3) is 0 Å². The number of ether oxygens (including phenoxy) is 2. The van der Waals surface area contributed by atoms with E-state index in [1.165, 1.54) is 18.9 Å². The van der Waals surface area contributed by atoms with E-state index in [2.05, 4.69) is 20.8 Å². The topological polar surface area (TPSA) is 107 Å². The number of anilines is 1. The summed E-state index contributed by atoms with van der Waals surface area (Å²) < 4.78 is 12.0. The lowest BCUT2D eigenvalue weighted by atomic mass is 10.2. The summed E-state index contributed by atoms with van der Waals surface area (Å²) in [5.41, 5.74) is 1.00. The highest BCUT2D eigenvalue weighted by atomic mass is 35.5. The second-order valence-electron chi connectivity index (χ2n) is 6.55. The third-order valence-corrected chi connectivity index (χ3v) is 5.71. The molecule has 32 heavy (non-hydrogen) atoms. The van der Waals surface area contributed by atoms with Crippen LogP contribution in [0.1, 0.15) is 16.2 Å². The molecule has 168 valence electrons. The number of amides is 2. The maximum absolute atomic E-state index is 12.3. The molecular weight excluding hydrogens is 454 g/mol. The fraction of sp³-hybridized carbons (Fsp3) is 0.238. The number of hydrogen-bond donors (Lipinski definition) is 2. The van der Waals surface area contributed by atoms with Gasteiger partial charge in [-0.2, -0.15) is 0 Å². The van der Waals surface area contributed by atoms with Crippen molar-refractivity contribution in [3.05, 3.63) is 58.9 Å². The van der Waals surface area contributed by atoms with Gasteiger partial charge < -0.3 is 24.7 Å². The summed E-state index contributed by atoms with van der Waals surface area (Å²) in [6.07, 6.45) is 0. The molecule has 2 aromatic carbocycles. The zero-order valence-corrected chi connectivity index (χ0v) is 19.3. The second kappa shape index (κ2) is 10.9. The van der Waals surface area contributed by atoms with Gasteiger partial charge in [0.25, 0.3) is 5.91 Å². The van der Waals surface area contributed by atoms with Crippen LogP contribution in [0.3, 0.4) is 0 Å². The number of aromatic nitrogens is 3. The van der Waals surface area contributed by atoms with Crippen molar-refractivity contribution in [2.75, 3.05) is 25.3 Å². The van der Waals surface area contributed by atoms with E-state index in [9.17, 15) is 9.59 Å². The van der Waals surface area contributed by atoms with E-state index in [1.807, 2.05) is 0 Å². The minimum absolute atomic E-state index is 0.111. The minimum atomic E-state index is -0.243. The van der Waals surface area contributed by atoms with Crippen molar-refractivity contribution >= 4 is 40.9 Å². The summed E-state index contributed by atoms with van der Waals surface area (Å²) in [6.45, 7) is 0.195. The molecule has 9 nitrogen and oxygen atoms in total. The van der Waals surface area contributed by atoms with Gasteiger partial charge in [0.15, 0.2) is 11.0 Å². The van der Waals surface area contributed by atoms with Crippen molar-refractivity contribution in [3.63, 3.8) is 0 Å². The Kier molecular flexibility index (Phi) is 7.96. The standard InChI is InChI=1S/C21H22ClN5O4S/c1-27-18(11-23-20(29)13-4-7-15(30-2)8-5-13)25-26-21(27)32-12-19(28)24-16-10-14(22)6-9-17(16)31-3/h4-10H,11-12H2,1-3H3,(H,23,29)(H,24,28). The number of carbonyl (C=O) groups excluding carboxylic acids is 2. The van der Waals surface area contributed by atoms with Crippen molar-refractivity contribution in [1.29, 1.82) is 0 Å². The largest absolute Gasteiger partial charge is 0.497 e. The number of nitrogens with zero attached hydrogens (tertiary/aromatic N) is 3. The molecule has 0 radical (unpaired) electrons. The number of nitrogens with one attached hydrogen (secondary N) is 2. The molecule has 3 rings (SSSR count). The Hall–Kier alpha value is -3.24. The highest BCUT2D eigenvalue weighted by molar-refractivity contribution is 7.99. The summed E-state index contributed by atoms with van der Waals surface area (Å²) in [7, 11) is 4.85. The molecule has 0 aliphatic heterocycles. The first kappa shape index (κ1) is 23.4. The Labute approximate surface area is 194 Å². The number of benzene rings is 2. The quantitative estimate of drug-likeness (QED) is 0.458. The lowest BCUT2D eigenvalue weighted by Crippen LogP contribution is -2.24. The summed E-state index contributed by atoms with van der Waals surface area (Å²) in [4.78, 5) is 24.7. The fourth-order valence-corrected chi connectivity index (χ4v) is 3.62. The van der Waals surface area contributed by atoms with Gasteiger partial charge in [0, 0.05) is 17.6 Å². The van der Waals surface area contributed by atoms with Gasteiger partial charge in [-0.1, -0.05) is 23.4 Å². The van der Waals surface area contributed by atoms with Crippen molar-refractivity contribution in [2.24, 2.45) is 7.05 Å². The molecule has 0 aliphatic carbocycles. The van der Waals surface area contributed by atoms with Gasteiger partial charge in [-0.05, 0) is 42.5 Å². The lowest BCUT2D eigenvalue weighted by molar-refractivity contribution is -0.113. The molecule has 0 saturated heterocycles. The van der Waals surface area contributed by atoms with Gasteiger partial charge in [-0.3, -0.25) is 9.59 Å². The van der Waals surface area contributed by atoms with Crippen molar-refractivity contribution in [3.8, 4) is 11.5 Å². The normalized spacial score (nSPS) is 10.5. The van der Waals surface area contributed by atoms with E-state index in [1.54, 1.807) is 61.2 Å². The van der Waals surface area contributed by atoms with Crippen LogP contribution in [-0.4, -0.2) is 46.6 Å². The first-order valence-electron chi connectivity index (χ1n) is 9.48. The molecule has 0 atom stereocenters. The molecular formula is C21H22ClN5O4S. The SMILES string of the molecule is COc1ccc(C(=O)NCc2nnc(SCC(=O)Nc3cc(Cl)ccc3OC)n2C)cc1. The number of rotatable bonds is 9. The van der Waals surface area contributed by atoms with E-state index >= 15 is 0 Å². The molecule has 0 aliphatic rings. The Morgan fingerprint density at radius 1 is 1.09 bits per heavy atom. The van der Waals surface area contributed by atoms with Crippen molar-refractivity contribution < 1.29 is 19.1 Å². The molecule has 1 heterocycles. The zero-order valence-electron chi connectivity index (χ0n) is 17.7. The van der Waals surface area contributed by atoms with Crippen molar-refractivity contribution in [2.45, 2.75) is 11.7 Å². The molecule has 0 saturated carbocycles. The molecule has 0 fully saturated rings. The fourth-order valence-electron chi connectivity index (χ4n) is 2.72. The predicted molar refractivity (Wildman–Crippen MR) is 123 cm³/mol. The minimum Gasteiger partial charge on any atom is -0.497 e. The molecule has 2 amide bonds. The van der Waals surface area contributed by atoms with E-state index < -0.39 is 0 Å². The third-order valence-electron chi connectivity index (χ3n) is 4.45. The lowest BCUT2D eigenvalue weighted by Gasteiger charge is -2.10. The number of thioether (sulfide) groups is 1. The zero-order chi connectivity index (χ0) is 23.1. The van der Waals surface area contributed by atoms with Gasteiger partial charge in [0.05, 0.1) is 32.2 Å². The first-order valence-corrected chi connectivity index (χ1v) is 10.8. The van der Waals surface area contributed by atoms with Crippen LogP contribution in [0.2, 0.25) is 5.02 Å². The summed E-state index contributed by atoms with van der Waals surface area (Å²) in [5.74, 6) is 1.38. The highest BCUT2D eigenvalue weighted by Crippen LogP contribution is 2.28. The molecule has 3 aromatic rings. The molecule has 11 heteroatoms. The summed E-state index contributed by atoms with van der Waals surface area (Å²) in [5, 5.41) is 14.8. The number of hydrogen-bond acceptors (Lipinski definition) is 7. The average Bonchev–Trinajstić information content (AvgIpc) is 3.15. The predicted octanol–water partition coefficient (Wildman–Crippen LogP) is 3.15. The van der Waals surface area contributed by atoms with E-state index in [0.29, 0.717) is 38.8 Å². The third kappa shape index (κ3) is 5.92. The van der Waals surface area contributed by atoms with Crippen LogP contribution in [0.4, 0.5) is 5.69 Å². The monoisotopic (exact) mass is 475 g/mol. The Balaban J connectivity index is 1.53. The van der Waals surface area contributed by atoms with Gasteiger partial charge in [-0.15, -0.1) is 10.2 Å². The van der Waals surface area contributed by atoms with Crippen LogP contribution in [0.15, 0.2) is 47.6 Å². The molecule has 0 spiro atoms. The van der Waals surface area contributed by atoms with Crippen LogP contribution >= 0.6 is 23.4 Å². The Morgan fingerprint density at radius 3 is 2.53 bits per heavy atom. The number of methoxy groups -OCH3 is 2. The summed E-state index contributed by atoms with van der Waals surface area (Å²) >= 11 is 7.21. The Morgan fingerprint density at radius 2 is 1.84 bits per heavy atom. The highest BCUT2D eigenvalue weighted by Gasteiger charge is 2.14. The van der Waals surface area contributed by atoms with Crippen LogP contribution in [-0.2, 0) is 18.4 Å². The maximum atomic E-state index is 12.3. The molecule has 2 N–H and O–H groups in total. The smallest absolute Gasteiger partial charge is 0.251 e. The summed E-state index contributed by atoms with van der Waals surface area (Å²) in [6, 6.07) is 11.8. The van der Waals surface area contributed by atoms with E-state index in [4.69, 9.17) is 21.1 Å². The van der Waals surface area contributed by atoms with Crippen molar-refractivity contribution in [1.82, 2.24) is 20.1 Å². The number of halogens is 1. The number of carbonyl (C=O) groups is 2. The van der Waals surface area contributed by atoms with Crippen LogP contribution in [0.5, 0.6) is 11.5 Å². The van der Waals surface area contributed by atoms with Gasteiger partial charge in [0.1, 0.15) is 11.5 Å². The Bertz CT molecular complexity index is 1100. The maximum Gasteiger partial charge on any atom is 0.251 e. The van der Waals surface area contributed by atoms with Gasteiger partial charge >= 0.3 is 0 Å². The average molecular weight is 476 g/mol. The van der Waals surface area contributed by atoms with E-state index in [0.717, 1.165) is 0 Å². The first-order chi connectivity index (χ1) is 15.4. The van der Waals surface area contributed by atoms with E-state index in [-0.39, 0.29) is 24.1 Å². The molecule has 0 bridgehead atoms. The van der Waals surface area contributed by atoms with Crippen LogP contribution in [0, 0.1) is 0 Å². The van der Waals surface area contributed by atoms with Gasteiger partial charge in [-0.25, -0.2) is 0 Å². The van der Waals surface area contributed by atoms with Gasteiger partial charge in [0.2, 0.25) is 5.91 Å². The van der Waals surface area contributed by atoms with Crippen LogP contribution < -0.4 is 20.1 Å². The molecule has 1 aromatic heterocycles.